The Hall–Kier alpha value is -2.96. The summed E-state index contributed by atoms with van der Waals surface area (Å²) in [5, 5.41) is 6.06. The number of ether oxygens (including phenoxy) is 1. The number of hydrogen-bond acceptors (Lipinski definition) is 5. The molecule has 150 valence electrons. The number of benzene rings is 2. The summed E-state index contributed by atoms with van der Waals surface area (Å²) in [7, 11) is 0. The van der Waals surface area contributed by atoms with Crippen molar-refractivity contribution in [2.24, 2.45) is 0 Å². The minimum Gasteiger partial charge on any atom is -0.462 e. The van der Waals surface area contributed by atoms with Gasteiger partial charge in [0, 0.05) is 10.9 Å². The molecule has 0 radical (unpaired) electrons. The normalized spacial score (nSPS) is 11.7. The molecule has 3 aromatic rings. The van der Waals surface area contributed by atoms with E-state index in [0.717, 1.165) is 16.0 Å². The van der Waals surface area contributed by atoms with Crippen molar-refractivity contribution < 1.29 is 14.3 Å². The Morgan fingerprint density at radius 2 is 1.69 bits per heavy atom. The van der Waals surface area contributed by atoms with E-state index in [-0.39, 0.29) is 25.1 Å². The predicted molar refractivity (Wildman–Crippen MR) is 117 cm³/mol. The maximum absolute atomic E-state index is 12.5. The van der Waals surface area contributed by atoms with Gasteiger partial charge < -0.3 is 15.4 Å². The summed E-state index contributed by atoms with van der Waals surface area (Å²) in [6.07, 6.45) is 0. The van der Waals surface area contributed by atoms with Gasteiger partial charge in [-0.2, -0.15) is 0 Å². The minimum absolute atomic E-state index is 0.0360. The summed E-state index contributed by atoms with van der Waals surface area (Å²) in [6, 6.07) is 21.5. The van der Waals surface area contributed by atoms with Crippen molar-refractivity contribution in [3.8, 4) is 10.4 Å². The third kappa shape index (κ3) is 5.53. The van der Waals surface area contributed by atoms with Gasteiger partial charge in [-0.05, 0) is 31.0 Å². The van der Waals surface area contributed by atoms with E-state index in [9.17, 15) is 9.59 Å². The third-order valence-corrected chi connectivity index (χ3v) is 5.56. The number of anilines is 1. The first kappa shape index (κ1) is 20.8. The molecular weight excluding hydrogens is 384 g/mol. The van der Waals surface area contributed by atoms with Crippen LogP contribution in [0.4, 0.5) is 5.69 Å². The molecule has 5 nitrogen and oxygen atoms in total. The quantitative estimate of drug-likeness (QED) is 0.521. The molecule has 0 bridgehead atoms. The van der Waals surface area contributed by atoms with Gasteiger partial charge in [0.15, 0.2) is 0 Å². The summed E-state index contributed by atoms with van der Waals surface area (Å²) in [5.41, 5.74) is 2.57. The molecule has 6 heteroatoms. The maximum atomic E-state index is 12.5. The van der Waals surface area contributed by atoms with E-state index in [1.807, 2.05) is 73.7 Å². The van der Waals surface area contributed by atoms with E-state index in [1.54, 1.807) is 6.92 Å². The summed E-state index contributed by atoms with van der Waals surface area (Å²) in [5.74, 6) is -0.642. The minimum atomic E-state index is -0.430. The Bertz CT molecular complexity index is 955. The van der Waals surface area contributed by atoms with E-state index in [0.29, 0.717) is 10.6 Å². The van der Waals surface area contributed by atoms with Crippen molar-refractivity contribution >= 4 is 28.9 Å². The predicted octanol–water partition coefficient (Wildman–Crippen LogP) is 4.88. The zero-order valence-corrected chi connectivity index (χ0v) is 17.3. The number of amides is 1. The molecular formula is C23H24N2O3S. The first-order valence-corrected chi connectivity index (χ1v) is 10.3. The van der Waals surface area contributed by atoms with E-state index < -0.39 is 5.97 Å². The molecule has 0 fully saturated rings. The number of thiophene rings is 1. The van der Waals surface area contributed by atoms with Crippen LogP contribution in [0.5, 0.6) is 0 Å². The van der Waals surface area contributed by atoms with Gasteiger partial charge >= 0.3 is 5.97 Å². The number of carbonyl (C=O) groups excluding carboxylic acids is 2. The fourth-order valence-electron chi connectivity index (χ4n) is 2.88. The van der Waals surface area contributed by atoms with Crippen LogP contribution >= 0.6 is 11.3 Å². The molecule has 0 aliphatic rings. The van der Waals surface area contributed by atoms with E-state index in [4.69, 9.17) is 4.74 Å². The van der Waals surface area contributed by atoms with Crippen LogP contribution in [-0.2, 0) is 9.53 Å². The summed E-state index contributed by atoms with van der Waals surface area (Å²) in [4.78, 5) is 26.2. The lowest BCUT2D eigenvalue weighted by atomic mass is 10.1. The highest BCUT2D eigenvalue weighted by molar-refractivity contribution is 7.18. The SMILES string of the molecule is CCOC(=O)c1sc(-c2ccccc2)cc1NC(=O)CN[C@@H](C)c1ccccc1. The molecule has 1 heterocycles. The van der Waals surface area contributed by atoms with E-state index >= 15 is 0 Å². The Morgan fingerprint density at radius 3 is 2.34 bits per heavy atom. The van der Waals surface area contributed by atoms with Crippen LogP contribution in [0.3, 0.4) is 0 Å². The van der Waals surface area contributed by atoms with Crippen LogP contribution in [0, 0.1) is 0 Å². The second kappa shape index (κ2) is 10.0. The second-order valence-corrected chi connectivity index (χ2v) is 7.55. The monoisotopic (exact) mass is 408 g/mol. The van der Waals surface area contributed by atoms with Crippen LogP contribution in [0.2, 0.25) is 0 Å². The van der Waals surface area contributed by atoms with Crippen LogP contribution in [-0.4, -0.2) is 25.0 Å². The van der Waals surface area contributed by atoms with Crippen LogP contribution in [0.15, 0.2) is 66.7 Å². The lowest BCUT2D eigenvalue weighted by molar-refractivity contribution is -0.115. The Kier molecular flexibility index (Phi) is 7.16. The number of carbonyl (C=O) groups is 2. The van der Waals surface area contributed by atoms with Crippen LogP contribution < -0.4 is 10.6 Å². The van der Waals surface area contributed by atoms with Crippen molar-refractivity contribution in [3.63, 3.8) is 0 Å². The molecule has 0 saturated carbocycles. The lowest BCUT2D eigenvalue weighted by Crippen LogP contribution is -2.30. The van der Waals surface area contributed by atoms with Gasteiger partial charge in [-0.1, -0.05) is 60.7 Å². The number of nitrogens with one attached hydrogen (secondary N) is 2. The summed E-state index contributed by atoms with van der Waals surface area (Å²) in [6.45, 7) is 4.18. The molecule has 0 aliphatic carbocycles. The molecule has 2 aromatic carbocycles. The number of hydrogen-bond donors (Lipinski definition) is 2. The summed E-state index contributed by atoms with van der Waals surface area (Å²) < 4.78 is 5.16. The molecule has 0 aliphatic heterocycles. The van der Waals surface area contributed by atoms with Crippen molar-refractivity contribution in [2.75, 3.05) is 18.5 Å². The average molecular weight is 409 g/mol. The highest BCUT2D eigenvalue weighted by atomic mass is 32.1. The van der Waals surface area contributed by atoms with Gasteiger partial charge in [-0.25, -0.2) is 4.79 Å². The van der Waals surface area contributed by atoms with E-state index in [1.165, 1.54) is 11.3 Å². The van der Waals surface area contributed by atoms with Crippen molar-refractivity contribution in [2.45, 2.75) is 19.9 Å². The van der Waals surface area contributed by atoms with Crippen molar-refractivity contribution in [1.29, 1.82) is 0 Å². The van der Waals surface area contributed by atoms with Crippen LogP contribution in [0.25, 0.3) is 10.4 Å². The van der Waals surface area contributed by atoms with Crippen LogP contribution in [0.1, 0.15) is 35.1 Å². The summed E-state index contributed by atoms with van der Waals surface area (Å²) >= 11 is 1.31. The van der Waals surface area contributed by atoms with Gasteiger partial charge in [-0.15, -0.1) is 11.3 Å². The molecule has 0 unspecified atom stereocenters. The van der Waals surface area contributed by atoms with Crippen molar-refractivity contribution in [3.05, 3.63) is 77.2 Å². The van der Waals surface area contributed by atoms with Gasteiger partial charge in [0.1, 0.15) is 4.88 Å². The fraction of sp³-hybridized carbons (Fsp3) is 0.217. The highest BCUT2D eigenvalue weighted by Crippen LogP contribution is 2.35. The van der Waals surface area contributed by atoms with Gasteiger partial charge in [0.05, 0.1) is 18.8 Å². The third-order valence-electron chi connectivity index (χ3n) is 4.39. The fourth-order valence-corrected chi connectivity index (χ4v) is 3.89. The molecule has 29 heavy (non-hydrogen) atoms. The molecule has 2 N–H and O–H groups in total. The Labute approximate surface area is 174 Å². The zero-order chi connectivity index (χ0) is 20.6. The molecule has 1 amide bonds. The maximum Gasteiger partial charge on any atom is 0.350 e. The standard InChI is InChI=1S/C23H24N2O3S/c1-3-28-23(27)22-19(14-20(29-22)18-12-8-5-9-13-18)25-21(26)15-24-16(2)17-10-6-4-7-11-17/h4-14,16,24H,3,15H2,1-2H3,(H,25,26)/t16-/m0/s1. The van der Waals surface area contributed by atoms with Gasteiger partial charge in [0.25, 0.3) is 0 Å². The Morgan fingerprint density at radius 1 is 1.03 bits per heavy atom. The molecule has 1 atom stereocenters. The molecule has 3 rings (SSSR count). The lowest BCUT2D eigenvalue weighted by Gasteiger charge is -2.14. The molecule has 0 spiro atoms. The average Bonchev–Trinajstić information content (AvgIpc) is 3.17. The molecule has 1 aromatic heterocycles. The highest BCUT2D eigenvalue weighted by Gasteiger charge is 2.20. The van der Waals surface area contributed by atoms with E-state index in [2.05, 4.69) is 10.6 Å². The van der Waals surface area contributed by atoms with Crippen molar-refractivity contribution in [1.82, 2.24) is 5.32 Å². The number of esters is 1. The second-order valence-electron chi connectivity index (χ2n) is 6.50. The smallest absolute Gasteiger partial charge is 0.350 e. The topological polar surface area (TPSA) is 67.4 Å². The number of rotatable bonds is 8. The molecule has 0 saturated heterocycles. The first-order chi connectivity index (χ1) is 14.1. The van der Waals surface area contributed by atoms with Gasteiger partial charge in [-0.3, -0.25) is 4.79 Å². The van der Waals surface area contributed by atoms with Gasteiger partial charge in [0.2, 0.25) is 5.91 Å². The first-order valence-electron chi connectivity index (χ1n) is 9.53. The Balaban J connectivity index is 1.72. The largest absolute Gasteiger partial charge is 0.462 e. The zero-order valence-electron chi connectivity index (χ0n) is 16.5.